The van der Waals surface area contributed by atoms with Crippen molar-refractivity contribution in [3.8, 4) is 0 Å². The molecule has 0 amide bonds. The van der Waals surface area contributed by atoms with Crippen LogP contribution in [-0.2, 0) is 4.79 Å². The van der Waals surface area contributed by atoms with Gasteiger partial charge in [-0.15, -0.1) is 0 Å². The lowest BCUT2D eigenvalue weighted by molar-refractivity contribution is -0.138. The van der Waals surface area contributed by atoms with Crippen molar-refractivity contribution in [2.75, 3.05) is 0 Å². The Labute approximate surface area is 95.8 Å². The van der Waals surface area contributed by atoms with Crippen LogP contribution in [0.2, 0.25) is 5.02 Å². The summed E-state index contributed by atoms with van der Waals surface area (Å²) in [5.74, 6) is -0.706. The molecule has 3 rings (SSSR count). The van der Waals surface area contributed by atoms with Crippen LogP contribution in [0.5, 0.6) is 0 Å². The summed E-state index contributed by atoms with van der Waals surface area (Å²) in [7, 11) is 0. The number of aromatic nitrogens is 1. The van der Waals surface area contributed by atoms with Crippen molar-refractivity contribution in [1.82, 2.24) is 4.98 Å². The Morgan fingerprint density at radius 2 is 2.38 bits per heavy atom. The van der Waals surface area contributed by atoms with Crippen molar-refractivity contribution in [3.05, 3.63) is 29.1 Å². The molecule has 1 saturated carbocycles. The third kappa shape index (κ3) is 1.46. The van der Waals surface area contributed by atoms with Crippen LogP contribution in [-0.4, -0.2) is 16.1 Å². The van der Waals surface area contributed by atoms with E-state index >= 15 is 0 Å². The second-order valence-electron chi connectivity index (χ2n) is 3.95. The number of benzene rings is 1. The van der Waals surface area contributed by atoms with E-state index in [0.717, 1.165) is 5.52 Å². The molecule has 1 fully saturated rings. The normalized spacial score (nSPS) is 23.6. The third-order valence-corrected chi connectivity index (χ3v) is 3.03. The summed E-state index contributed by atoms with van der Waals surface area (Å²) in [5, 5.41) is 9.40. The van der Waals surface area contributed by atoms with E-state index in [0.29, 0.717) is 22.9 Å². The minimum Gasteiger partial charge on any atom is -0.481 e. The van der Waals surface area contributed by atoms with Crippen LogP contribution in [0.1, 0.15) is 18.2 Å². The number of hydrogen-bond donors (Lipinski definition) is 1. The van der Waals surface area contributed by atoms with Gasteiger partial charge in [0.05, 0.1) is 5.92 Å². The molecule has 2 unspecified atom stereocenters. The topological polar surface area (TPSA) is 63.3 Å². The van der Waals surface area contributed by atoms with Crippen LogP contribution in [0.25, 0.3) is 11.1 Å². The third-order valence-electron chi connectivity index (χ3n) is 2.79. The van der Waals surface area contributed by atoms with E-state index in [-0.39, 0.29) is 11.8 Å². The van der Waals surface area contributed by atoms with Gasteiger partial charge in [0.2, 0.25) is 0 Å². The highest BCUT2D eigenvalue weighted by atomic mass is 35.5. The zero-order chi connectivity index (χ0) is 11.3. The predicted octanol–water partition coefficient (Wildman–Crippen LogP) is 2.67. The maximum Gasteiger partial charge on any atom is 0.307 e. The summed E-state index contributed by atoms with van der Waals surface area (Å²) in [6.45, 7) is 0. The lowest BCUT2D eigenvalue weighted by atomic mass is 10.3. The number of nitrogens with zero attached hydrogens (tertiary/aromatic N) is 1. The largest absolute Gasteiger partial charge is 0.481 e. The minimum atomic E-state index is -0.787. The summed E-state index contributed by atoms with van der Waals surface area (Å²) in [6.07, 6.45) is 0.607. The number of hydrogen-bond acceptors (Lipinski definition) is 3. The van der Waals surface area contributed by atoms with Gasteiger partial charge in [0, 0.05) is 17.0 Å². The number of rotatable bonds is 2. The van der Waals surface area contributed by atoms with Crippen LogP contribution >= 0.6 is 11.6 Å². The molecule has 1 aromatic carbocycles. The average molecular weight is 238 g/mol. The molecule has 1 N–H and O–H groups in total. The molecule has 1 aromatic heterocycles. The van der Waals surface area contributed by atoms with E-state index in [1.165, 1.54) is 0 Å². The Hall–Kier alpha value is -1.55. The number of halogens is 1. The highest BCUT2D eigenvalue weighted by molar-refractivity contribution is 6.31. The van der Waals surface area contributed by atoms with E-state index in [1.807, 2.05) is 0 Å². The van der Waals surface area contributed by atoms with Gasteiger partial charge in [-0.1, -0.05) is 11.6 Å². The molecule has 16 heavy (non-hydrogen) atoms. The fourth-order valence-corrected chi connectivity index (χ4v) is 1.98. The Kier molecular flexibility index (Phi) is 1.94. The Bertz CT molecular complexity index is 578. The molecule has 0 bridgehead atoms. The lowest BCUT2D eigenvalue weighted by Crippen LogP contribution is -1.98. The predicted molar refractivity (Wildman–Crippen MR) is 57.5 cm³/mol. The number of oxazole rings is 1. The number of carboxylic acid groups (broad SMARTS) is 1. The standard InChI is InChI=1S/C11H8ClNO3/c12-5-1-2-8-9(3-5)16-10(13-8)6-4-7(6)11(14)15/h1-3,6-7H,4H2,(H,14,15). The first-order valence-electron chi connectivity index (χ1n) is 4.94. The van der Waals surface area contributed by atoms with Crippen LogP contribution < -0.4 is 0 Å². The van der Waals surface area contributed by atoms with Gasteiger partial charge in [-0.3, -0.25) is 4.79 Å². The lowest BCUT2D eigenvalue weighted by Gasteiger charge is -1.88. The van der Waals surface area contributed by atoms with Crippen molar-refractivity contribution in [2.24, 2.45) is 5.92 Å². The van der Waals surface area contributed by atoms with E-state index in [1.54, 1.807) is 18.2 Å². The zero-order valence-corrected chi connectivity index (χ0v) is 8.94. The second-order valence-corrected chi connectivity index (χ2v) is 4.39. The van der Waals surface area contributed by atoms with E-state index in [2.05, 4.69) is 4.98 Å². The molecule has 0 radical (unpaired) electrons. The van der Waals surface area contributed by atoms with Gasteiger partial charge < -0.3 is 9.52 Å². The Balaban J connectivity index is 1.98. The van der Waals surface area contributed by atoms with Gasteiger partial charge in [-0.25, -0.2) is 4.98 Å². The maximum absolute atomic E-state index is 10.7. The van der Waals surface area contributed by atoms with E-state index < -0.39 is 5.97 Å². The number of aliphatic carboxylic acids is 1. The van der Waals surface area contributed by atoms with Crippen LogP contribution in [0.3, 0.4) is 0 Å². The van der Waals surface area contributed by atoms with Crippen molar-refractivity contribution in [2.45, 2.75) is 12.3 Å². The average Bonchev–Trinajstić information content (AvgIpc) is 2.93. The molecule has 0 aliphatic heterocycles. The zero-order valence-electron chi connectivity index (χ0n) is 8.18. The number of carbonyl (C=O) groups is 1. The minimum absolute atomic E-state index is 0.0799. The van der Waals surface area contributed by atoms with Crippen molar-refractivity contribution in [3.63, 3.8) is 0 Å². The highest BCUT2D eigenvalue weighted by Crippen LogP contribution is 2.47. The summed E-state index contributed by atoms with van der Waals surface area (Å²) in [6, 6.07) is 5.19. The monoisotopic (exact) mass is 237 g/mol. The van der Waals surface area contributed by atoms with Crippen molar-refractivity contribution in [1.29, 1.82) is 0 Å². The molecular formula is C11H8ClNO3. The molecule has 0 spiro atoms. The maximum atomic E-state index is 10.7. The van der Waals surface area contributed by atoms with Gasteiger partial charge in [0.15, 0.2) is 11.5 Å². The fraction of sp³-hybridized carbons (Fsp3) is 0.273. The van der Waals surface area contributed by atoms with Crippen molar-refractivity contribution < 1.29 is 14.3 Å². The van der Waals surface area contributed by atoms with Gasteiger partial charge in [-0.05, 0) is 18.6 Å². The summed E-state index contributed by atoms with van der Waals surface area (Å²) in [4.78, 5) is 15.0. The SMILES string of the molecule is O=C(O)C1CC1c1nc2ccc(Cl)cc2o1. The van der Waals surface area contributed by atoms with Crippen molar-refractivity contribution >= 4 is 28.7 Å². The van der Waals surface area contributed by atoms with Gasteiger partial charge in [-0.2, -0.15) is 0 Å². The molecule has 1 aliphatic carbocycles. The first kappa shape index (κ1) is 9.66. The van der Waals surface area contributed by atoms with Gasteiger partial charge in [0.1, 0.15) is 5.52 Å². The molecule has 2 atom stereocenters. The first-order chi connectivity index (χ1) is 7.65. The van der Waals surface area contributed by atoms with E-state index in [9.17, 15) is 4.79 Å². The van der Waals surface area contributed by atoms with Crippen LogP contribution in [0, 0.1) is 5.92 Å². The Morgan fingerprint density at radius 1 is 1.56 bits per heavy atom. The molecule has 0 saturated heterocycles. The Morgan fingerprint density at radius 3 is 3.06 bits per heavy atom. The summed E-state index contributed by atoms with van der Waals surface area (Å²) >= 11 is 5.82. The fourth-order valence-electron chi connectivity index (χ4n) is 1.82. The van der Waals surface area contributed by atoms with Gasteiger partial charge in [0.25, 0.3) is 0 Å². The number of carboxylic acids is 1. The van der Waals surface area contributed by atoms with Gasteiger partial charge >= 0.3 is 5.97 Å². The molecule has 82 valence electrons. The molecule has 2 aromatic rings. The quantitative estimate of drug-likeness (QED) is 0.872. The summed E-state index contributed by atoms with van der Waals surface area (Å²) < 4.78 is 5.49. The molecular weight excluding hydrogens is 230 g/mol. The number of fused-ring (bicyclic) bond motifs is 1. The molecule has 1 heterocycles. The second kappa shape index (κ2) is 3.22. The molecule has 1 aliphatic rings. The van der Waals surface area contributed by atoms with Crippen LogP contribution in [0.4, 0.5) is 0 Å². The van der Waals surface area contributed by atoms with Crippen LogP contribution in [0.15, 0.2) is 22.6 Å². The summed E-state index contributed by atoms with van der Waals surface area (Å²) in [5.41, 5.74) is 1.33. The first-order valence-corrected chi connectivity index (χ1v) is 5.32. The molecule has 5 heteroatoms. The molecule has 4 nitrogen and oxygen atoms in total. The smallest absolute Gasteiger partial charge is 0.307 e. The van der Waals surface area contributed by atoms with E-state index in [4.69, 9.17) is 21.1 Å². The highest BCUT2D eigenvalue weighted by Gasteiger charge is 2.47.